The van der Waals surface area contributed by atoms with Crippen LogP contribution >= 0.6 is 0 Å². The monoisotopic (exact) mass is 353 g/mol. The Bertz CT molecular complexity index is 829. The van der Waals surface area contributed by atoms with E-state index >= 15 is 0 Å². The maximum Gasteiger partial charge on any atom is 0.416 e. The van der Waals surface area contributed by atoms with Crippen LogP contribution in [0.4, 0.5) is 18.0 Å². The first kappa shape index (κ1) is 17.0. The number of nitrogens with zero attached hydrogens (tertiary/aromatic N) is 2. The van der Waals surface area contributed by atoms with Crippen LogP contribution < -0.4 is 5.32 Å². The fourth-order valence-corrected chi connectivity index (χ4v) is 2.68. The Hall–Kier alpha value is -2.84. The molecule has 2 heterocycles. The largest absolute Gasteiger partial charge is 0.416 e. The summed E-state index contributed by atoms with van der Waals surface area (Å²) in [4.78, 5) is 25.8. The Morgan fingerprint density at radius 1 is 1.24 bits per heavy atom. The third-order valence-corrected chi connectivity index (χ3v) is 4.06. The lowest BCUT2D eigenvalue weighted by molar-refractivity contribution is -0.137. The fourth-order valence-electron chi connectivity index (χ4n) is 2.68. The number of nitrogens with one attached hydrogen (secondary N) is 1. The van der Waals surface area contributed by atoms with Gasteiger partial charge in [0.05, 0.1) is 17.8 Å². The molecule has 6 nitrogen and oxygen atoms in total. The molecular weight excluding hydrogens is 339 g/mol. The SMILES string of the molecule is Cc1cc(CN2C(=O)NC(C)(c3ccc(C(F)(F)F)cc3)C2=O)on1. The molecule has 0 radical (unpaired) electrons. The molecule has 1 aliphatic heterocycles. The van der Waals surface area contributed by atoms with E-state index in [0.717, 1.165) is 17.0 Å². The van der Waals surface area contributed by atoms with Crippen LogP contribution in [-0.2, 0) is 23.1 Å². The number of benzene rings is 1. The van der Waals surface area contributed by atoms with Crippen molar-refractivity contribution in [3.8, 4) is 0 Å². The van der Waals surface area contributed by atoms with Crippen LogP contribution in [0.15, 0.2) is 34.9 Å². The second kappa shape index (κ2) is 5.61. The minimum Gasteiger partial charge on any atom is -0.359 e. The zero-order chi connectivity index (χ0) is 18.4. The number of carbonyl (C=O) groups is 2. The van der Waals surface area contributed by atoms with Crippen molar-refractivity contribution in [2.75, 3.05) is 0 Å². The molecule has 25 heavy (non-hydrogen) atoms. The average molecular weight is 353 g/mol. The number of aromatic nitrogens is 1. The van der Waals surface area contributed by atoms with Crippen LogP contribution in [-0.4, -0.2) is 22.0 Å². The Kier molecular flexibility index (Phi) is 3.81. The Morgan fingerprint density at radius 3 is 2.40 bits per heavy atom. The van der Waals surface area contributed by atoms with E-state index in [1.165, 1.54) is 19.1 Å². The lowest BCUT2D eigenvalue weighted by Gasteiger charge is -2.22. The molecule has 1 atom stereocenters. The van der Waals surface area contributed by atoms with Crippen LogP contribution in [0.3, 0.4) is 0 Å². The molecule has 1 saturated heterocycles. The standard InChI is InChI=1S/C16H14F3N3O3/c1-9-7-12(25-21-9)8-22-13(23)15(2,20-14(22)24)10-3-5-11(6-4-10)16(17,18)19/h3-7H,8H2,1-2H3,(H,20,24). The summed E-state index contributed by atoms with van der Waals surface area (Å²) < 4.78 is 43.0. The second-order valence-corrected chi connectivity index (χ2v) is 5.96. The van der Waals surface area contributed by atoms with Crippen molar-refractivity contribution >= 4 is 11.9 Å². The normalized spacial score (nSPS) is 20.9. The molecule has 1 aromatic carbocycles. The summed E-state index contributed by atoms with van der Waals surface area (Å²) >= 11 is 0. The first-order valence-corrected chi connectivity index (χ1v) is 7.35. The minimum absolute atomic E-state index is 0.109. The Balaban J connectivity index is 1.86. The van der Waals surface area contributed by atoms with Gasteiger partial charge in [0.15, 0.2) is 5.76 Å². The predicted molar refractivity (Wildman–Crippen MR) is 79.1 cm³/mol. The maximum atomic E-state index is 12.7. The van der Waals surface area contributed by atoms with Crippen LogP contribution in [0.5, 0.6) is 0 Å². The fraction of sp³-hybridized carbons (Fsp3) is 0.312. The van der Waals surface area contributed by atoms with Gasteiger partial charge in [0, 0.05) is 6.07 Å². The number of imide groups is 1. The molecule has 9 heteroatoms. The summed E-state index contributed by atoms with van der Waals surface area (Å²) in [5, 5.41) is 6.21. The molecule has 2 aromatic rings. The van der Waals surface area contributed by atoms with E-state index in [2.05, 4.69) is 10.5 Å². The zero-order valence-electron chi connectivity index (χ0n) is 13.3. The lowest BCUT2D eigenvalue weighted by atomic mass is 9.91. The average Bonchev–Trinajstić information content (AvgIpc) is 3.04. The molecule has 0 bridgehead atoms. The number of alkyl halides is 3. The molecule has 0 saturated carbocycles. The van der Waals surface area contributed by atoms with E-state index in [1.54, 1.807) is 13.0 Å². The third-order valence-electron chi connectivity index (χ3n) is 4.06. The maximum absolute atomic E-state index is 12.7. The molecule has 0 spiro atoms. The van der Waals surface area contributed by atoms with E-state index in [1.807, 2.05) is 0 Å². The van der Waals surface area contributed by atoms with E-state index in [4.69, 9.17) is 4.52 Å². The summed E-state index contributed by atoms with van der Waals surface area (Å²) in [5.41, 5.74) is -1.41. The Morgan fingerprint density at radius 2 is 1.88 bits per heavy atom. The molecule has 3 rings (SSSR count). The van der Waals surface area contributed by atoms with Crippen molar-refractivity contribution in [1.82, 2.24) is 15.4 Å². The first-order valence-electron chi connectivity index (χ1n) is 7.35. The number of hydrogen-bond donors (Lipinski definition) is 1. The highest BCUT2D eigenvalue weighted by atomic mass is 19.4. The summed E-state index contributed by atoms with van der Waals surface area (Å²) in [5.74, 6) is -0.246. The van der Waals surface area contributed by atoms with Gasteiger partial charge in [-0.2, -0.15) is 13.2 Å². The molecule has 0 aliphatic carbocycles. The van der Waals surface area contributed by atoms with Crippen molar-refractivity contribution in [3.05, 3.63) is 52.9 Å². The van der Waals surface area contributed by atoms with Gasteiger partial charge in [-0.25, -0.2) is 4.79 Å². The van der Waals surface area contributed by atoms with Crippen molar-refractivity contribution < 1.29 is 27.3 Å². The van der Waals surface area contributed by atoms with E-state index in [-0.39, 0.29) is 12.1 Å². The quantitative estimate of drug-likeness (QED) is 0.861. The Labute approximate surface area is 140 Å². The number of hydrogen-bond acceptors (Lipinski definition) is 4. The highest BCUT2D eigenvalue weighted by Crippen LogP contribution is 2.33. The number of amides is 3. The first-order chi connectivity index (χ1) is 11.6. The van der Waals surface area contributed by atoms with Gasteiger partial charge in [0.1, 0.15) is 5.54 Å². The van der Waals surface area contributed by atoms with Gasteiger partial charge in [-0.1, -0.05) is 17.3 Å². The van der Waals surface area contributed by atoms with E-state index in [9.17, 15) is 22.8 Å². The van der Waals surface area contributed by atoms with Crippen LogP contribution in [0.1, 0.15) is 29.5 Å². The number of carbonyl (C=O) groups excluding carboxylic acids is 2. The molecule has 1 fully saturated rings. The lowest BCUT2D eigenvalue weighted by Crippen LogP contribution is -2.40. The summed E-state index contributed by atoms with van der Waals surface area (Å²) in [7, 11) is 0. The number of aryl methyl sites for hydroxylation is 1. The van der Waals surface area contributed by atoms with Gasteiger partial charge in [-0.15, -0.1) is 0 Å². The van der Waals surface area contributed by atoms with Gasteiger partial charge in [-0.3, -0.25) is 9.69 Å². The number of rotatable bonds is 3. The summed E-state index contributed by atoms with van der Waals surface area (Å²) in [6.07, 6.45) is -4.47. The predicted octanol–water partition coefficient (Wildman–Crippen LogP) is 2.97. The highest BCUT2D eigenvalue weighted by Gasteiger charge is 2.49. The molecule has 1 N–H and O–H groups in total. The van der Waals surface area contributed by atoms with Crippen molar-refractivity contribution in [3.63, 3.8) is 0 Å². The van der Waals surface area contributed by atoms with Crippen molar-refractivity contribution in [2.24, 2.45) is 0 Å². The van der Waals surface area contributed by atoms with Gasteiger partial charge in [0.2, 0.25) is 0 Å². The topological polar surface area (TPSA) is 75.4 Å². The number of urea groups is 1. The summed E-state index contributed by atoms with van der Waals surface area (Å²) in [6.45, 7) is 3.04. The van der Waals surface area contributed by atoms with Gasteiger partial charge >= 0.3 is 12.2 Å². The molecule has 3 amide bonds. The van der Waals surface area contributed by atoms with Crippen LogP contribution in [0.25, 0.3) is 0 Å². The molecule has 1 unspecified atom stereocenters. The zero-order valence-corrected chi connectivity index (χ0v) is 13.3. The third kappa shape index (κ3) is 2.97. The molecular formula is C16H14F3N3O3. The van der Waals surface area contributed by atoms with Crippen molar-refractivity contribution in [1.29, 1.82) is 0 Å². The van der Waals surface area contributed by atoms with Gasteiger partial charge in [0.25, 0.3) is 5.91 Å². The van der Waals surface area contributed by atoms with E-state index in [0.29, 0.717) is 11.5 Å². The van der Waals surface area contributed by atoms with Crippen LogP contribution in [0, 0.1) is 6.92 Å². The molecule has 1 aliphatic rings. The second-order valence-electron chi connectivity index (χ2n) is 5.96. The van der Waals surface area contributed by atoms with Crippen molar-refractivity contribution in [2.45, 2.75) is 32.1 Å². The molecule has 132 valence electrons. The number of halogens is 3. The van der Waals surface area contributed by atoms with E-state index < -0.39 is 29.2 Å². The van der Waals surface area contributed by atoms with Gasteiger partial charge < -0.3 is 9.84 Å². The highest BCUT2D eigenvalue weighted by molar-refractivity contribution is 6.07. The minimum atomic E-state index is -4.47. The summed E-state index contributed by atoms with van der Waals surface area (Å²) in [6, 6.07) is 5.06. The van der Waals surface area contributed by atoms with Gasteiger partial charge in [-0.05, 0) is 31.5 Å². The molecule has 1 aromatic heterocycles. The van der Waals surface area contributed by atoms with Crippen LogP contribution in [0.2, 0.25) is 0 Å². The smallest absolute Gasteiger partial charge is 0.359 e.